The normalized spacial score (nSPS) is 14.0. The van der Waals surface area contributed by atoms with E-state index in [2.05, 4.69) is 5.32 Å². The second-order valence-corrected chi connectivity index (χ2v) is 14.6. The van der Waals surface area contributed by atoms with Gasteiger partial charge in [-0.25, -0.2) is 4.79 Å². The van der Waals surface area contributed by atoms with Gasteiger partial charge in [-0.1, -0.05) is 26.8 Å². The van der Waals surface area contributed by atoms with Crippen LogP contribution in [0.2, 0.25) is 18.1 Å². The lowest BCUT2D eigenvalue weighted by molar-refractivity contribution is 0.0414. The second kappa shape index (κ2) is 8.01. The number of hydrogen-bond acceptors (Lipinski definition) is 6. The Balaban J connectivity index is 3.37. The number of nitrogens with zero attached hydrogens (tertiary/aromatic N) is 2. The number of nitrogens with one attached hydrogen (secondary N) is 1. The average molecular weight is 408 g/mol. The van der Waals surface area contributed by atoms with Crippen LogP contribution >= 0.6 is 11.3 Å². The smallest absolute Gasteiger partial charge is 0.408 e. The summed E-state index contributed by atoms with van der Waals surface area (Å²) < 4.78 is 11.6. The Hall–Kier alpha value is -1.87. The summed E-state index contributed by atoms with van der Waals surface area (Å²) in [7, 11) is -2.49. The summed E-state index contributed by atoms with van der Waals surface area (Å²) in [4.78, 5) is 13.1. The fourth-order valence-corrected chi connectivity index (χ4v) is 4.22. The minimum Gasteiger partial charge on any atom is -0.444 e. The maximum Gasteiger partial charge on any atom is 0.408 e. The molecule has 6 nitrogen and oxygen atoms in total. The number of amides is 1. The van der Waals surface area contributed by atoms with Gasteiger partial charge in [0.2, 0.25) is 0 Å². The van der Waals surface area contributed by atoms with Gasteiger partial charge in [0.1, 0.15) is 23.8 Å². The molecule has 1 N–H and O–H groups in total. The van der Waals surface area contributed by atoms with Crippen molar-refractivity contribution in [2.24, 2.45) is 0 Å². The lowest BCUT2D eigenvalue weighted by atomic mass is 9.96. The molecule has 0 saturated heterocycles. The Bertz CT molecular complexity index is 720. The zero-order valence-electron chi connectivity index (χ0n) is 17.3. The predicted octanol–water partition coefficient (Wildman–Crippen LogP) is 5.12. The lowest BCUT2D eigenvalue weighted by Crippen LogP contribution is -2.55. The summed E-state index contributed by atoms with van der Waals surface area (Å²) >= 11 is 1.35. The number of ether oxygens (including phenoxy) is 1. The molecule has 0 bridgehead atoms. The highest BCUT2D eigenvalue weighted by molar-refractivity contribution is 7.10. The van der Waals surface area contributed by atoms with Crippen LogP contribution in [0.3, 0.4) is 0 Å². The number of nitriles is 2. The zero-order valence-corrected chi connectivity index (χ0v) is 19.2. The van der Waals surface area contributed by atoms with Crippen LogP contribution in [0, 0.1) is 22.7 Å². The Morgan fingerprint density at radius 1 is 1.19 bits per heavy atom. The third kappa shape index (κ3) is 5.80. The maximum absolute atomic E-state index is 12.4. The SMILES string of the molecule is CC(C)(C)OC(=O)N[C@H](c1cccs1)C(C#N)(C#N)O[Si](C)(C)C(C)(C)C. The first-order valence-corrected chi connectivity index (χ1v) is 12.5. The molecule has 0 saturated carbocycles. The van der Waals surface area contributed by atoms with Crippen molar-refractivity contribution in [3.05, 3.63) is 22.4 Å². The van der Waals surface area contributed by atoms with E-state index >= 15 is 0 Å². The zero-order chi connectivity index (χ0) is 21.1. The Morgan fingerprint density at radius 2 is 1.74 bits per heavy atom. The van der Waals surface area contributed by atoms with Crippen molar-refractivity contribution in [3.8, 4) is 12.1 Å². The Kier molecular flexibility index (Phi) is 6.88. The maximum atomic E-state index is 12.4. The molecule has 148 valence electrons. The fraction of sp³-hybridized carbons (Fsp3) is 0.632. The molecule has 0 aromatic carbocycles. The summed E-state index contributed by atoms with van der Waals surface area (Å²) in [6.45, 7) is 15.3. The molecule has 27 heavy (non-hydrogen) atoms. The topological polar surface area (TPSA) is 95.1 Å². The minimum atomic E-state index is -2.49. The van der Waals surface area contributed by atoms with Crippen molar-refractivity contribution in [2.75, 3.05) is 0 Å². The number of rotatable bonds is 5. The number of thiophene rings is 1. The van der Waals surface area contributed by atoms with Gasteiger partial charge in [-0.2, -0.15) is 10.5 Å². The molecule has 1 aromatic rings. The molecular weight excluding hydrogens is 378 g/mol. The lowest BCUT2D eigenvalue weighted by Gasteiger charge is -2.42. The van der Waals surface area contributed by atoms with Crippen LogP contribution in [0.1, 0.15) is 52.5 Å². The van der Waals surface area contributed by atoms with Gasteiger partial charge >= 0.3 is 6.09 Å². The van der Waals surface area contributed by atoms with Gasteiger partial charge < -0.3 is 14.5 Å². The molecule has 0 spiro atoms. The van der Waals surface area contributed by atoms with E-state index in [1.54, 1.807) is 32.9 Å². The van der Waals surface area contributed by atoms with Crippen LogP contribution in [-0.2, 0) is 9.16 Å². The first kappa shape index (κ1) is 23.2. The third-order valence-electron chi connectivity index (χ3n) is 4.45. The summed E-state index contributed by atoms with van der Waals surface area (Å²) in [6.07, 6.45) is -0.699. The third-order valence-corrected chi connectivity index (χ3v) is 9.83. The standard InChI is InChI=1S/C19H29N3O3SSi/c1-17(2,3)24-16(23)22-15(14-10-9-11-26-14)19(12-20,13-21)25-27(7,8)18(4,5)6/h9-11,15H,1-8H3,(H,22,23)/t15-/m1/s1. The highest BCUT2D eigenvalue weighted by Gasteiger charge is 2.51. The number of carbonyl (C=O) groups is 1. The largest absolute Gasteiger partial charge is 0.444 e. The molecule has 1 atom stereocenters. The first-order valence-electron chi connectivity index (χ1n) is 8.73. The molecule has 0 aliphatic rings. The molecule has 0 aliphatic carbocycles. The summed E-state index contributed by atoms with van der Waals surface area (Å²) in [5, 5.41) is 24.2. The molecule has 1 amide bonds. The summed E-state index contributed by atoms with van der Waals surface area (Å²) in [5.74, 6) is 0. The molecule has 0 radical (unpaired) electrons. The van der Waals surface area contributed by atoms with Gasteiger partial charge in [-0.3, -0.25) is 0 Å². The van der Waals surface area contributed by atoms with Gasteiger partial charge in [0.15, 0.2) is 8.32 Å². The van der Waals surface area contributed by atoms with E-state index in [0.29, 0.717) is 4.88 Å². The van der Waals surface area contributed by atoms with Crippen LogP contribution in [-0.4, -0.2) is 25.6 Å². The Morgan fingerprint density at radius 3 is 2.11 bits per heavy atom. The van der Waals surface area contributed by atoms with Crippen molar-refractivity contribution in [3.63, 3.8) is 0 Å². The average Bonchev–Trinajstić information content (AvgIpc) is 3.01. The highest BCUT2D eigenvalue weighted by atomic mass is 32.1. The van der Waals surface area contributed by atoms with Crippen LogP contribution in [0.4, 0.5) is 4.79 Å². The van der Waals surface area contributed by atoms with E-state index < -0.39 is 31.7 Å². The summed E-state index contributed by atoms with van der Waals surface area (Å²) in [5.41, 5.74) is -2.56. The molecule has 1 aromatic heterocycles. The first-order chi connectivity index (χ1) is 12.2. The highest BCUT2D eigenvalue weighted by Crippen LogP contribution is 2.42. The quantitative estimate of drug-likeness (QED) is 0.683. The van der Waals surface area contributed by atoms with E-state index in [-0.39, 0.29) is 5.04 Å². The summed E-state index contributed by atoms with van der Waals surface area (Å²) in [6, 6.07) is 6.68. The molecule has 8 heteroatoms. The van der Waals surface area contributed by atoms with E-state index in [4.69, 9.17) is 9.16 Å². The Labute approximate surface area is 167 Å². The molecule has 0 aliphatic heterocycles. The van der Waals surface area contributed by atoms with Crippen LogP contribution < -0.4 is 5.32 Å². The number of alkyl carbamates (subject to hydrolysis) is 1. The van der Waals surface area contributed by atoms with Gasteiger partial charge in [-0.15, -0.1) is 11.3 Å². The van der Waals surface area contributed by atoms with E-state index in [0.717, 1.165) is 0 Å². The van der Waals surface area contributed by atoms with Gasteiger partial charge in [-0.05, 0) is 50.3 Å². The monoisotopic (exact) mass is 407 g/mol. The molecule has 0 unspecified atom stereocenters. The molecule has 0 fully saturated rings. The predicted molar refractivity (Wildman–Crippen MR) is 109 cm³/mol. The second-order valence-electron chi connectivity index (χ2n) is 8.92. The molecular formula is C19H29N3O3SSi. The van der Waals surface area contributed by atoms with Crippen LogP contribution in [0.15, 0.2) is 17.5 Å². The van der Waals surface area contributed by atoms with E-state index in [1.807, 2.05) is 51.4 Å². The van der Waals surface area contributed by atoms with Crippen molar-refractivity contribution in [2.45, 2.75) is 76.9 Å². The number of carbonyl (C=O) groups excluding carboxylic acids is 1. The van der Waals surface area contributed by atoms with Crippen molar-refractivity contribution in [1.29, 1.82) is 10.5 Å². The minimum absolute atomic E-state index is 0.210. The van der Waals surface area contributed by atoms with E-state index in [9.17, 15) is 15.3 Å². The van der Waals surface area contributed by atoms with Gasteiger partial charge in [0.05, 0.1) is 0 Å². The van der Waals surface area contributed by atoms with Crippen molar-refractivity contribution >= 4 is 25.7 Å². The van der Waals surface area contributed by atoms with Crippen LogP contribution in [0.25, 0.3) is 0 Å². The molecule has 1 rings (SSSR count). The van der Waals surface area contributed by atoms with Crippen molar-refractivity contribution < 1.29 is 14.0 Å². The van der Waals surface area contributed by atoms with Crippen molar-refractivity contribution in [1.82, 2.24) is 5.32 Å². The van der Waals surface area contributed by atoms with Gasteiger partial charge in [0.25, 0.3) is 5.60 Å². The molecule has 1 heterocycles. The number of hydrogen-bond donors (Lipinski definition) is 1. The van der Waals surface area contributed by atoms with Gasteiger partial charge in [0, 0.05) is 4.88 Å². The van der Waals surface area contributed by atoms with E-state index in [1.165, 1.54) is 11.3 Å². The van der Waals surface area contributed by atoms with Crippen LogP contribution in [0.5, 0.6) is 0 Å². The fourth-order valence-electron chi connectivity index (χ4n) is 2.07.